The van der Waals surface area contributed by atoms with Gasteiger partial charge in [-0.25, -0.2) is 4.79 Å². The molecule has 3 N–H and O–H groups in total. The average molecular weight is 482 g/mol. The topological polar surface area (TPSA) is 87.3 Å². The molecule has 0 aliphatic heterocycles. The zero-order valence-corrected chi connectivity index (χ0v) is 22.7. The van der Waals surface area contributed by atoms with Crippen LogP contribution in [0, 0.1) is 0 Å². The first kappa shape index (κ1) is 32.4. The fourth-order valence-corrected chi connectivity index (χ4v) is 4.20. The SMILES string of the molecule is CCCCCCCCCCCCCCCCCCNC(=O)NC(CCCCNC(C)=O)C(C)=O. The van der Waals surface area contributed by atoms with Crippen molar-refractivity contribution in [1.29, 1.82) is 0 Å². The van der Waals surface area contributed by atoms with Gasteiger partial charge < -0.3 is 16.0 Å². The quantitative estimate of drug-likeness (QED) is 0.132. The first-order valence-electron chi connectivity index (χ1n) is 14.3. The molecule has 1 atom stereocenters. The normalized spacial score (nSPS) is 11.7. The molecule has 0 saturated heterocycles. The third-order valence-corrected chi connectivity index (χ3v) is 6.41. The highest BCUT2D eigenvalue weighted by atomic mass is 16.2. The Bertz CT molecular complexity index is 511. The second-order valence-corrected chi connectivity index (χ2v) is 9.85. The smallest absolute Gasteiger partial charge is 0.315 e. The van der Waals surface area contributed by atoms with Gasteiger partial charge in [-0.05, 0) is 32.6 Å². The van der Waals surface area contributed by atoms with Crippen LogP contribution in [-0.4, -0.2) is 36.9 Å². The van der Waals surface area contributed by atoms with E-state index in [4.69, 9.17) is 0 Å². The summed E-state index contributed by atoms with van der Waals surface area (Å²) in [6, 6.07) is -0.717. The molecule has 0 aromatic rings. The summed E-state index contributed by atoms with van der Waals surface area (Å²) < 4.78 is 0. The maximum atomic E-state index is 12.1. The molecule has 0 saturated carbocycles. The van der Waals surface area contributed by atoms with Crippen molar-refractivity contribution in [2.45, 2.75) is 149 Å². The van der Waals surface area contributed by atoms with Crippen molar-refractivity contribution in [2.75, 3.05) is 13.1 Å². The van der Waals surface area contributed by atoms with Crippen LogP contribution in [0.4, 0.5) is 4.79 Å². The number of urea groups is 1. The standard InChI is InChI=1S/C28H55N3O3/c1-4-5-6-7-8-9-10-11-12-13-14-15-16-17-18-20-24-30-28(34)31-27(25(2)32)22-19-21-23-29-26(3)33/h27H,4-24H2,1-3H3,(H,29,33)(H2,30,31,34). The summed E-state index contributed by atoms with van der Waals surface area (Å²) >= 11 is 0. The summed E-state index contributed by atoms with van der Waals surface area (Å²) in [6.07, 6.45) is 23.5. The first-order valence-corrected chi connectivity index (χ1v) is 14.3. The fraction of sp³-hybridized carbons (Fsp3) is 0.893. The number of nitrogens with one attached hydrogen (secondary N) is 3. The molecule has 0 aromatic heterocycles. The van der Waals surface area contributed by atoms with Crippen molar-refractivity contribution in [2.24, 2.45) is 0 Å². The summed E-state index contributed by atoms with van der Waals surface area (Å²) in [7, 11) is 0. The molecule has 0 aliphatic rings. The van der Waals surface area contributed by atoms with Crippen LogP contribution in [0.3, 0.4) is 0 Å². The Morgan fingerprint density at radius 2 is 0.971 bits per heavy atom. The van der Waals surface area contributed by atoms with Crippen LogP contribution >= 0.6 is 0 Å². The Kier molecular flexibility index (Phi) is 23.4. The van der Waals surface area contributed by atoms with E-state index in [2.05, 4.69) is 22.9 Å². The van der Waals surface area contributed by atoms with Crippen LogP contribution < -0.4 is 16.0 Å². The first-order chi connectivity index (χ1) is 16.5. The Balaban J connectivity index is 3.48. The van der Waals surface area contributed by atoms with Crippen molar-refractivity contribution < 1.29 is 14.4 Å². The van der Waals surface area contributed by atoms with Crippen molar-refractivity contribution >= 4 is 17.7 Å². The van der Waals surface area contributed by atoms with Gasteiger partial charge in [-0.2, -0.15) is 0 Å². The van der Waals surface area contributed by atoms with Crippen LogP contribution in [0.5, 0.6) is 0 Å². The monoisotopic (exact) mass is 481 g/mol. The number of carbonyl (C=O) groups is 3. The maximum Gasteiger partial charge on any atom is 0.315 e. The van der Waals surface area contributed by atoms with Gasteiger partial charge in [0, 0.05) is 20.0 Å². The van der Waals surface area contributed by atoms with Gasteiger partial charge in [-0.1, -0.05) is 103 Å². The number of carbonyl (C=O) groups excluding carboxylic acids is 3. The van der Waals surface area contributed by atoms with Gasteiger partial charge in [0.25, 0.3) is 0 Å². The van der Waals surface area contributed by atoms with E-state index in [9.17, 15) is 14.4 Å². The van der Waals surface area contributed by atoms with Gasteiger partial charge in [0.2, 0.25) is 5.91 Å². The number of unbranched alkanes of at least 4 members (excludes halogenated alkanes) is 16. The minimum Gasteiger partial charge on any atom is -0.356 e. The molecule has 0 fully saturated rings. The van der Waals surface area contributed by atoms with Crippen molar-refractivity contribution in [3.8, 4) is 0 Å². The van der Waals surface area contributed by atoms with Gasteiger partial charge in [-0.3, -0.25) is 9.59 Å². The molecule has 1 unspecified atom stereocenters. The van der Waals surface area contributed by atoms with Crippen molar-refractivity contribution in [3.63, 3.8) is 0 Å². The van der Waals surface area contributed by atoms with Crippen LogP contribution in [-0.2, 0) is 9.59 Å². The highest BCUT2D eigenvalue weighted by Crippen LogP contribution is 2.13. The van der Waals surface area contributed by atoms with E-state index in [1.54, 1.807) is 0 Å². The summed E-state index contributed by atoms with van der Waals surface area (Å²) in [4.78, 5) is 34.7. The molecule has 3 amide bonds. The van der Waals surface area contributed by atoms with Gasteiger partial charge >= 0.3 is 6.03 Å². The van der Waals surface area contributed by atoms with Crippen LogP contribution in [0.25, 0.3) is 0 Å². The lowest BCUT2D eigenvalue weighted by Crippen LogP contribution is -2.45. The van der Waals surface area contributed by atoms with Crippen LogP contribution in [0.1, 0.15) is 143 Å². The third-order valence-electron chi connectivity index (χ3n) is 6.41. The van der Waals surface area contributed by atoms with E-state index in [0.717, 1.165) is 25.7 Å². The summed E-state index contributed by atoms with van der Waals surface area (Å²) in [5.41, 5.74) is 0. The molecule has 0 radical (unpaired) electrons. The molecule has 200 valence electrons. The predicted octanol–water partition coefficient (Wildman–Crippen LogP) is 6.81. The molecule has 6 nitrogen and oxygen atoms in total. The average Bonchev–Trinajstić information content (AvgIpc) is 2.79. The summed E-state index contributed by atoms with van der Waals surface area (Å²) in [5.74, 6) is -0.0770. The van der Waals surface area contributed by atoms with Gasteiger partial charge in [0.1, 0.15) is 0 Å². The summed E-state index contributed by atoms with van der Waals surface area (Å²) in [6.45, 7) is 6.52. The van der Waals surface area contributed by atoms with E-state index < -0.39 is 6.04 Å². The van der Waals surface area contributed by atoms with Gasteiger partial charge in [0.05, 0.1) is 6.04 Å². The largest absolute Gasteiger partial charge is 0.356 e. The molecule has 0 spiro atoms. The number of ketones is 1. The van der Waals surface area contributed by atoms with Crippen LogP contribution in [0.2, 0.25) is 0 Å². The van der Waals surface area contributed by atoms with Gasteiger partial charge in [0.15, 0.2) is 5.78 Å². The molecule has 0 heterocycles. The lowest BCUT2D eigenvalue weighted by molar-refractivity contribution is -0.120. The molecule has 0 aromatic carbocycles. The zero-order valence-electron chi connectivity index (χ0n) is 22.7. The molecule has 6 heteroatoms. The predicted molar refractivity (Wildman–Crippen MR) is 143 cm³/mol. The van der Waals surface area contributed by atoms with E-state index in [1.807, 2.05) is 0 Å². The van der Waals surface area contributed by atoms with E-state index in [0.29, 0.717) is 19.5 Å². The Labute approximate surface area is 210 Å². The number of Topliss-reactive ketones (excluding diaryl/α,β-unsaturated/α-hetero) is 1. The number of amides is 3. The Morgan fingerprint density at radius 3 is 1.41 bits per heavy atom. The molecular weight excluding hydrogens is 426 g/mol. The molecule has 0 rings (SSSR count). The highest BCUT2D eigenvalue weighted by Gasteiger charge is 2.16. The summed E-state index contributed by atoms with van der Waals surface area (Å²) in [5, 5.41) is 8.40. The van der Waals surface area contributed by atoms with E-state index in [1.165, 1.54) is 104 Å². The third kappa shape index (κ3) is 23.6. The molecule has 34 heavy (non-hydrogen) atoms. The second-order valence-electron chi connectivity index (χ2n) is 9.85. The van der Waals surface area contributed by atoms with Crippen molar-refractivity contribution in [1.82, 2.24) is 16.0 Å². The minimum absolute atomic E-state index is 0.0305. The van der Waals surface area contributed by atoms with E-state index in [-0.39, 0.29) is 17.7 Å². The number of hydrogen-bond donors (Lipinski definition) is 3. The number of rotatable bonds is 24. The fourth-order valence-electron chi connectivity index (χ4n) is 4.20. The molecular formula is C28H55N3O3. The number of hydrogen-bond acceptors (Lipinski definition) is 3. The zero-order chi connectivity index (χ0) is 25.3. The van der Waals surface area contributed by atoms with E-state index >= 15 is 0 Å². The Morgan fingerprint density at radius 1 is 0.559 bits per heavy atom. The molecule has 0 aliphatic carbocycles. The highest BCUT2D eigenvalue weighted by molar-refractivity contribution is 5.86. The second kappa shape index (κ2) is 24.5. The van der Waals surface area contributed by atoms with Crippen LogP contribution in [0.15, 0.2) is 0 Å². The lowest BCUT2D eigenvalue weighted by atomic mass is 10.0. The Hall–Kier alpha value is -1.59. The maximum absolute atomic E-state index is 12.1. The van der Waals surface area contributed by atoms with Crippen molar-refractivity contribution in [3.05, 3.63) is 0 Å². The minimum atomic E-state index is -0.455. The van der Waals surface area contributed by atoms with Gasteiger partial charge in [-0.15, -0.1) is 0 Å². The molecule has 0 bridgehead atoms. The lowest BCUT2D eigenvalue weighted by Gasteiger charge is -2.16.